The summed E-state index contributed by atoms with van der Waals surface area (Å²) in [7, 11) is 0. The molecular formula is C19H14ClF3N2O2. The number of alkyl halides is 3. The molecule has 0 radical (unpaired) electrons. The number of halogens is 4. The third-order valence-electron chi connectivity index (χ3n) is 5.24. The topological polar surface area (TPSA) is 55.2 Å². The fraction of sp³-hybridized carbons (Fsp3) is 0.263. The standard InChI is InChI=1S/C19H14ClF3N2O2/c20-14-8-9-15(25(26)27)16-10-5-3-6-11(10)17(24-18(14)16)12-4-1-2-7-13(12)19(21,22)23/h1-5,7-11,17,24H,6H2/t10-,11-,17-/m1/s1. The van der Waals surface area contributed by atoms with E-state index < -0.39 is 22.7 Å². The zero-order chi connectivity index (χ0) is 19.3. The van der Waals surface area contributed by atoms with Crippen molar-refractivity contribution >= 4 is 23.0 Å². The van der Waals surface area contributed by atoms with E-state index in [1.807, 2.05) is 12.2 Å². The van der Waals surface area contributed by atoms with Gasteiger partial charge >= 0.3 is 6.18 Å². The van der Waals surface area contributed by atoms with E-state index in [4.69, 9.17) is 11.6 Å². The molecule has 1 N–H and O–H groups in total. The van der Waals surface area contributed by atoms with Crippen LogP contribution >= 0.6 is 11.6 Å². The predicted octanol–water partition coefficient (Wildman–Crippen LogP) is 6.09. The van der Waals surface area contributed by atoms with Gasteiger partial charge in [-0.05, 0) is 30.0 Å². The number of nitro groups is 1. The predicted molar refractivity (Wildman–Crippen MR) is 95.9 cm³/mol. The maximum atomic E-state index is 13.5. The first-order valence-electron chi connectivity index (χ1n) is 8.35. The monoisotopic (exact) mass is 394 g/mol. The van der Waals surface area contributed by atoms with Crippen molar-refractivity contribution in [2.24, 2.45) is 5.92 Å². The number of nitrogens with zero attached hydrogens (tertiary/aromatic N) is 1. The zero-order valence-electron chi connectivity index (χ0n) is 13.8. The summed E-state index contributed by atoms with van der Waals surface area (Å²) in [6, 6.07) is 7.51. The van der Waals surface area contributed by atoms with Crippen LogP contribution in [0, 0.1) is 16.0 Å². The highest BCUT2D eigenvalue weighted by atomic mass is 35.5. The third kappa shape index (κ3) is 2.86. The number of rotatable bonds is 2. The van der Waals surface area contributed by atoms with Crippen molar-refractivity contribution in [3.05, 3.63) is 80.4 Å². The number of allylic oxidation sites excluding steroid dienone is 2. The van der Waals surface area contributed by atoms with Gasteiger partial charge in [0.2, 0.25) is 0 Å². The minimum Gasteiger partial charge on any atom is -0.376 e. The smallest absolute Gasteiger partial charge is 0.376 e. The van der Waals surface area contributed by atoms with Crippen molar-refractivity contribution in [2.45, 2.75) is 24.6 Å². The van der Waals surface area contributed by atoms with Crippen LogP contribution in [0.15, 0.2) is 48.6 Å². The first-order valence-corrected chi connectivity index (χ1v) is 8.73. The van der Waals surface area contributed by atoms with E-state index in [0.717, 1.165) is 6.07 Å². The normalized spacial score (nSPS) is 23.5. The largest absolute Gasteiger partial charge is 0.416 e. The summed E-state index contributed by atoms with van der Waals surface area (Å²) in [5.74, 6) is -0.634. The SMILES string of the molecule is O=[N+]([O-])c1ccc(Cl)c2c1[C@@H]1C=CC[C@H]1[C@H](c1ccccc1C(F)(F)F)N2. The molecule has 3 atom stereocenters. The van der Waals surface area contributed by atoms with E-state index in [1.54, 1.807) is 6.07 Å². The van der Waals surface area contributed by atoms with E-state index in [1.165, 1.54) is 24.3 Å². The molecule has 0 fully saturated rings. The Morgan fingerprint density at radius 2 is 1.93 bits per heavy atom. The fourth-order valence-electron chi connectivity index (χ4n) is 4.15. The van der Waals surface area contributed by atoms with E-state index in [-0.39, 0.29) is 28.1 Å². The van der Waals surface area contributed by atoms with E-state index in [2.05, 4.69) is 5.32 Å². The number of anilines is 1. The second kappa shape index (κ2) is 6.27. The van der Waals surface area contributed by atoms with Crippen molar-refractivity contribution in [3.63, 3.8) is 0 Å². The van der Waals surface area contributed by atoms with Gasteiger partial charge in [0.05, 0.1) is 32.8 Å². The molecule has 2 aromatic carbocycles. The van der Waals surface area contributed by atoms with Crippen LogP contribution in [-0.2, 0) is 6.18 Å². The number of fused-ring (bicyclic) bond motifs is 3. The highest BCUT2D eigenvalue weighted by Gasteiger charge is 2.45. The van der Waals surface area contributed by atoms with E-state index in [9.17, 15) is 23.3 Å². The number of benzene rings is 2. The molecule has 0 unspecified atom stereocenters. The zero-order valence-corrected chi connectivity index (χ0v) is 14.6. The van der Waals surface area contributed by atoms with Gasteiger partial charge in [-0.3, -0.25) is 10.1 Å². The first kappa shape index (κ1) is 17.9. The molecule has 1 aliphatic carbocycles. The Hall–Kier alpha value is -2.54. The lowest BCUT2D eigenvalue weighted by atomic mass is 9.75. The maximum Gasteiger partial charge on any atom is 0.416 e. The lowest BCUT2D eigenvalue weighted by Crippen LogP contribution is -2.31. The summed E-state index contributed by atoms with van der Waals surface area (Å²) >= 11 is 6.26. The summed E-state index contributed by atoms with van der Waals surface area (Å²) in [6.45, 7) is 0. The highest BCUT2D eigenvalue weighted by Crippen LogP contribution is 2.55. The summed E-state index contributed by atoms with van der Waals surface area (Å²) in [6.07, 6.45) is -0.277. The molecule has 1 aliphatic heterocycles. The number of hydrogen-bond donors (Lipinski definition) is 1. The number of nitrogens with one attached hydrogen (secondary N) is 1. The molecule has 8 heteroatoms. The van der Waals surface area contributed by atoms with Gasteiger partial charge in [0.15, 0.2) is 0 Å². The minimum absolute atomic E-state index is 0.0778. The van der Waals surface area contributed by atoms with Gasteiger partial charge in [-0.25, -0.2) is 0 Å². The van der Waals surface area contributed by atoms with Crippen LogP contribution in [0.5, 0.6) is 0 Å². The maximum absolute atomic E-state index is 13.5. The highest BCUT2D eigenvalue weighted by molar-refractivity contribution is 6.33. The Kier molecular flexibility index (Phi) is 4.14. The molecule has 2 aliphatic rings. The second-order valence-electron chi connectivity index (χ2n) is 6.67. The molecule has 4 nitrogen and oxygen atoms in total. The summed E-state index contributed by atoms with van der Waals surface area (Å²) < 4.78 is 40.6. The molecule has 1 heterocycles. The lowest BCUT2D eigenvalue weighted by molar-refractivity contribution is -0.385. The Bertz CT molecular complexity index is 958. The molecule has 0 amide bonds. The van der Waals surface area contributed by atoms with Crippen molar-refractivity contribution < 1.29 is 18.1 Å². The molecular weight excluding hydrogens is 381 g/mol. The third-order valence-corrected chi connectivity index (χ3v) is 5.56. The van der Waals surface area contributed by atoms with Crippen molar-refractivity contribution in [3.8, 4) is 0 Å². The van der Waals surface area contributed by atoms with Gasteiger partial charge in [-0.2, -0.15) is 13.2 Å². The van der Waals surface area contributed by atoms with Crippen LogP contribution in [0.4, 0.5) is 24.5 Å². The van der Waals surface area contributed by atoms with Crippen LogP contribution in [0.3, 0.4) is 0 Å². The van der Waals surface area contributed by atoms with Gasteiger partial charge in [-0.15, -0.1) is 0 Å². The molecule has 0 bridgehead atoms. The Balaban J connectivity index is 1.90. The van der Waals surface area contributed by atoms with Crippen molar-refractivity contribution in [1.82, 2.24) is 0 Å². The molecule has 27 heavy (non-hydrogen) atoms. The number of nitro benzene ring substituents is 1. The Morgan fingerprint density at radius 1 is 1.19 bits per heavy atom. The first-order chi connectivity index (χ1) is 12.8. The van der Waals surface area contributed by atoms with Gasteiger partial charge in [0.25, 0.3) is 5.69 Å². The quantitative estimate of drug-likeness (QED) is 0.380. The molecule has 0 saturated heterocycles. The fourth-order valence-corrected chi connectivity index (χ4v) is 4.37. The van der Waals surface area contributed by atoms with Gasteiger partial charge in [-0.1, -0.05) is 42.0 Å². The molecule has 4 rings (SSSR count). The van der Waals surface area contributed by atoms with Crippen LogP contribution in [-0.4, -0.2) is 4.92 Å². The van der Waals surface area contributed by atoms with Gasteiger partial charge in [0.1, 0.15) is 0 Å². The average Bonchev–Trinajstić information content (AvgIpc) is 3.10. The molecule has 0 saturated carbocycles. The van der Waals surface area contributed by atoms with Crippen molar-refractivity contribution in [1.29, 1.82) is 0 Å². The van der Waals surface area contributed by atoms with E-state index >= 15 is 0 Å². The minimum atomic E-state index is -4.49. The van der Waals surface area contributed by atoms with Gasteiger partial charge < -0.3 is 5.32 Å². The average molecular weight is 395 g/mol. The number of hydrogen-bond acceptors (Lipinski definition) is 3. The molecule has 2 aromatic rings. The lowest BCUT2D eigenvalue weighted by Gasteiger charge is -2.38. The summed E-state index contributed by atoms with van der Waals surface area (Å²) in [5, 5.41) is 14.8. The second-order valence-corrected chi connectivity index (χ2v) is 7.08. The summed E-state index contributed by atoms with van der Waals surface area (Å²) in [5.41, 5.74) is 0.105. The van der Waals surface area contributed by atoms with Crippen LogP contribution in [0.1, 0.15) is 35.1 Å². The van der Waals surface area contributed by atoms with Crippen LogP contribution in [0.25, 0.3) is 0 Å². The Labute approximate surface area is 157 Å². The molecule has 140 valence electrons. The van der Waals surface area contributed by atoms with Gasteiger partial charge in [0, 0.05) is 12.0 Å². The van der Waals surface area contributed by atoms with Crippen molar-refractivity contribution in [2.75, 3.05) is 5.32 Å². The van der Waals surface area contributed by atoms with E-state index in [0.29, 0.717) is 17.7 Å². The molecule has 0 aromatic heterocycles. The van der Waals surface area contributed by atoms with Crippen LogP contribution < -0.4 is 5.32 Å². The molecule has 0 spiro atoms. The summed E-state index contributed by atoms with van der Waals surface area (Å²) in [4.78, 5) is 11.0. The Morgan fingerprint density at radius 3 is 2.63 bits per heavy atom. The van der Waals surface area contributed by atoms with Crippen LogP contribution in [0.2, 0.25) is 5.02 Å².